The zero-order valence-electron chi connectivity index (χ0n) is 7.35. The largest absolute Gasteiger partial charge is 0.310 e. The van der Waals surface area contributed by atoms with Crippen molar-refractivity contribution in [3.63, 3.8) is 0 Å². The van der Waals surface area contributed by atoms with Crippen molar-refractivity contribution >= 4 is 0 Å². The van der Waals surface area contributed by atoms with E-state index < -0.39 is 11.6 Å². The lowest BCUT2D eigenvalue weighted by Crippen LogP contribution is -2.15. The Morgan fingerprint density at radius 3 is 2.69 bits per heavy atom. The number of hydrogen-bond acceptors (Lipinski definition) is 1. The Morgan fingerprint density at radius 1 is 1.46 bits per heavy atom. The molecule has 0 aromatic heterocycles. The molecule has 3 heteroatoms. The molecule has 1 aromatic carbocycles. The highest BCUT2D eigenvalue weighted by atomic mass is 19.2. The topological polar surface area (TPSA) is 12.0 Å². The van der Waals surface area contributed by atoms with Crippen LogP contribution in [0, 0.1) is 11.6 Å². The van der Waals surface area contributed by atoms with Crippen LogP contribution >= 0.6 is 0 Å². The second-order valence-electron chi connectivity index (χ2n) is 2.65. The predicted molar refractivity (Wildman–Crippen MR) is 48.4 cm³/mol. The van der Waals surface area contributed by atoms with Gasteiger partial charge in [0.1, 0.15) is 0 Å². The summed E-state index contributed by atoms with van der Waals surface area (Å²) < 4.78 is 25.9. The van der Waals surface area contributed by atoms with Gasteiger partial charge in [0.25, 0.3) is 0 Å². The third-order valence-corrected chi connectivity index (χ3v) is 1.86. The minimum atomic E-state index is -0.834. The Morgan fingerprint density at radius 2 is 2.15 bits per heavy atom. The van der Waals surface area contributed by atoms with Crippen LogP contribution in [0.2, 0.25) is 0 Å². The van der Waals surface area contributed by atoms with E-state index in [0.29, 0.717) is 0 Å². The number of rotatable bonds is 3. The van der Waals surface area contributed by atoms with E-state index in [2.05, 4.69) is 11.9 Å². The van der Waals surface area contributed by atoms with Crippen LogP contribution in [0.1, 0.15) is 11.6 Å². The lowest BCUT2D eigenvalue weighted by Gasteiger charge is -2.12. The van der Waals surface area contributed by atoms with Gasteiger partial charge < -0.3 is 5.32 Å². The van der Waals surface area contributed by atoms with E-state index in [0.717, 1.165) is 6.07 Å². The molecule has 0 spiro atoms. The SMILES string of the molecule is C=CC(NC)c1cccc(F)c1F. The summed E-state index contributed by atoms with van der Waals surface area (Å²) in [6, 6.07) is 3.74. The average molecular weight is 183 g/mol. The van der Waals surface area contributed by atoms with Gasteiger partial charge in [0, 0.05) is 5.56 Å². The van der Waals surface area contributed by atoms with Crippen molar-refractivity contribution in [1.29, 1.82) is 0 Å². The third kappa shape index (κ3) is 1.92. The van der Waals surface area contributed by atoms with Gasteiger partial charge in [-0.2, -0.15) is 0 Å². The first-order valence-electron chi connectivity index (χ1n) is 3.94. The second kappa shape index (κ2) is 4.14. The van der Waals surface area contributed by atoms with Crippen molar-refractivity contribution in [1.82, 2.24) is 5.32 Å². The molecule has 1 N–H and O–H groups in total. The molecule has 0 bridgehead atoms. The van der Waals surface area contributed by atoms with Crippen LogP contribution in [0.25, 0.3) is 0 Å². The summed E-state index contributed by atoms with van der Waals surface area (Å²) in [5.74, 6) is -1.65. The fourth-order valence-electron chi connectivity index (χ4n) is 1.16. The smallest absolute Gasteiger partial charge is 0.163 e. The lowest BCUT2D eigenvalue weighted by molar-refractivity contribution is 0.489. The van der Waals surface area contributed by atoms with E-state index in [1.807, 2.05) is 0 Å². The molecule has 0 saturated heterocycles. The normalized spacial score (nSPS) is 12.5. The van der Waals surface area contributed by atoms with Crippen LogP contribution in [0.4, 0.5) is 8.78 Å². The maximum Gasteiger partial charge on any atom is 0.163 e. The van der Waals surface area contributed by atoms with Gasteiger partial charge in [0.05, 0.1) is 6.04 Å². The van der Waals surface area contributed by atoms with Crippen molar-refractivity contribution < 1.29 is 8.78 Å². The monoisotopic (exact) mass is 183 g/mol. The Balaban J connectivity index is 3.13. The molecule has 0 aliphatic carbocycles. The molecular formula is C10H11F2N. The van der Waals surface area contributed by atoms with Crippen LogP contribution in [-0.4, -0.2) is 7.05 Å². The van der Waals surface area contributed by atoms with Crippen molar-refractivity contribution in [2.45, 2.75) is 6.04 Å². The molecule has 0 heterocycles. The summed E-state index contributed by atoms with van der Waals surface area (Å²) in [6.07, 6.45) is 1.53. The quantitative estimate of drug-likeness (QED) is 0.709. The molecular weight excluding hydrogens is 172 g/mol. The molecule has 1 unspecified atom stereocenters. The fourth-order valence-corrected chi connectivity index (χ4v) is 1.16. The van der Waals surface area contributed by atoms with Crippen LogP contribution in [0.3, 0.4) is 0 Å². The van der Waals surface area contributed by atoms with Crippen LogP contribution in [-0.2, 0) is 0 Å². The van der Waals surface area contributed by atoms with Crippen molar-refractivity contribution in [2.24, 2.45) is 0 Å². The Kier molecular flexibility index (Phi) is 3.14. The number of halogens is 2. The maximum absolute atomic E-state index is 13.2. The third-order valence-electron chi connectivity index (χ3n) is 1.86. The van der Waals surface area contributed by atoms with Crippen molar-refractivity contribution in [2.75, 3.05) is 7.05 Å². The Labute approximate surface area is 76.1 Å². The van der Waals surface area contributed by atoms with Gasteiger partial charge in [-0.05, 0) is 13.1 Å². The number of hydrogen-bond donors (Lipinski definition) is 1. The highest BCUT2D eigenvalue weighted by Gasteiger charge is 2.13. The summed E-state index contributed by atoms with van der Waals surface area (Å²) in [5.41, 5.74) is 0.275. The van der Waals surface area contributed by atoms with Crippen LogP contribution < -0.4 is 5.32 Å². The van der Waals surface area contributed by atoms with E-state index in [9.17, 15) is 8.78 Å². The van der Waals surface area contributed by atoms with Gasteiger partial charge in [-0.25, -0.2) is 8.78 Å². The maximum atomic E-state index is 13.2. The van der Waals surface area contributed by atoms with Gasteiger partial charge in [0.15, 0.2) is 11.6 Å². The molecule has 0 saturated carbocycles. The molecule has 13 heavy (non-hydrogen) atoms. The lowest BCUT2D eigenvalue weighted by atomic mass is 10.1. The zero-order chi connectivity index (χ0) is 9.84. The molecule has 1 aromatic rings. The molecule has 0 fully saturated rings. The summed E-state index contributed by atoms with van der Waals surface area (Å²) in [4.78, 5) is 0. The van der Waals surface area contributed by atoms with E-state index in [1.165, 1.54) is 18.2 Å². The fraction of sp³-hybridized carbons (Fsp3) is 0.200. The van der Waals surface area contributed by atoms with E-state index >= 15 is 0 Å². The van der Waals surface area contributed by atoms with E-state index in [-0.39, 0.29) is 11.6 Å². The minimum Gasteiger partial charge on any atom is -0.310 e. The highest BCUT2D eigenvalue weighted by Crippen LogP contribution is 2.19. The average Bonchev–Trinajstić information content (AvgIpc) is 2.14. The van der Waals surface area contributed by atoms with E-state index in [4.69, 9.17) is 0 Å². The predicted octanol–water partition coefficient (Wildman–Crippen LogP) is 2.41. The first-order valence-corrected chi connectivity index (χ1v) is 3.94. The molecule has 0 aliphatic rings. The minimum absolute atomic E-state index is 0.275. The second-order valence-corrected chi connectivity index (χ2v) is 2.65. The first-order chi connectivity index (χ1) is 6.20. The number of benzene rings is 1. The van der Waals surface area contributed by atoms with Crippen LogP contribution in [0.15, 0.2) is 30.9 Å². The van der Waals surface area contributed by atoms with Crippen molar-refractivity contribution in [3.8, 4) is 0 Å². The van der Waals surface area contributed by atoms with E-state index in [1.54, 1.807) is 7.05 Å². The first kappa shape index (κ1) is 9.86. The molecule has 1 nitrogen and oxygen atoms in total. The van der Waals surface area contributed by atoms with Gasteiger partial charge in [0.2, 0.25) is 0 Å². The van der Waals surface area contributed by atoms with Gasteiger partial charge in [-0.15, -0.1) is 6.58 Å². The summed E-state index contributed by atoms with van der Waals surface area (Å²) in [6.45, 7) is 3.53. The molecule has 70 valence electrons. The number of nitrogens with one attached hydrogen (secondary N) is 1. The van der Waals surface area contributed by atoms with Gasteiger partial charge in [-0.3, -0.25) is 0 Å². The zero-order valence-corrected chi connectivity index (χ0v) is 7.35. The van der Waals surface area contributed by atoms with Gasteiger partial charge in [-0.1, -0.05) is 18.2 Å². The molecule has 0 amide bonds. The Hall–Kier alpha value is -1.22. The summed E-state index contributed by atoms with van der Waals surface area (Å²) in [7, 11) is 1.66. The summed E-state index contributed by atoms with van der Waals surface area (Å²) >= 11 is 0. The molecule has 1 atom stereocenters. The summed E-state index contributed by atoms with van der Waals surface area (Å²) in [5, 5.41) is 2.81. The molecule has 0 radical (unpaired) electrons. The molecule has 1 rings (SSSR count). The highest BCUT2D eigenvalue weighted by molar-refractivity contribution is 5.25. The van der Waals surface area contributed by atoms with Crippen LogP contribution in [0.5, 0.6) is 0 Å². The standard InChI is InChI=1S/C10H11F2N/c1-3-9(13-2)7-5-4-6-8(11)10(7)12/h3-6,9,13H,1H2,2H3. The number of likely N-dealkylation sites (N-methyl/N-ethyl adjacent to an activating group) is 1. The Bertz CT molecular complexity index is 310. The molecule has 0 aliphatic heterocycles. The van der Waals surface area contributed by atoms with Gasteiger partial charge >= 0.3 is 0 Å². The van der Waals surface area contributed by atoms with Crippen molar-refractivity contribution in [3.05, 3.63) is 48.1 Å².